The molecule has 1 aliphatic carbocycles. The zero-order valence-corrected chi connectivity index (χ0v) is 9.70. The standard InChI is InChI=1S/C13H21NO/c1-10(12-5-3-4-6-12)14-11(2)13-7-8-15-9-13/h7-12,14H,3-6H2,1-2H3/t10-,11?/m0/s1. The highest BCUT2D eigenvalue weighted by Crippen LogP contribution is 2.28. The Balaban J connectivity index is 1.85. The van der Waals surface area contributed by atoms with E-state index in [0.717, 1.165) is 5.92 Å². The summed E-state index contributed by atoms with van der Waals surface area (Å²) < 4.78 is 5.10. The molecule has 1 aliphatic rings. The van der Waals surface area contributed by atoms with Crippen molar-refractivity contribution in [1.29, 1.82) is 0 Å². The molecule has 1 aromatic rings. The normalized spacial score (nSPS) is 21.7. The highest BCUT2D eigenvalue weighted by atomic mass is 16.3. The topological polar surface area (TPSA) is 25.2 Å². The van der Waals surface area contributed by atoms with Crippen molar-refractivity contribution in [3.05, 3.63) is 24.2 Å². The molecule has 2 nitrogen and oxygen atoms in total. The SMILES string of the molecule is CC(N[C@@H](C)C1CCCC1)c1ccoc1. The maximum Gasteiger partial charge on any atom is 0.0950 e. The summed E-state index contributed by atoms with van der Waals surface area (Å²) >= 11 is 0. The highest BCUT2D eigenvalue weighted by molar-refractivity contribution is 5.10. The van der Waals surface area contributed by atoms with Gasteiger partial charge in [-0.25, -0.2) is 0 Å². The monoisotopic (exact) mass is 207 g/mol. The first-order chi connectivity index (χ1) is 7.27. The quantitative estimate of drug-likeness (QED) is 0.817. The van der Waals surface area contributed by atoms with Crippen LogP contribution in [0.4, 0.5) is 0 Å². The Labute approximate surface area is 92.1 Å². The van der Waals surface area contributed by atoms with E-state index in [1.54, 1.807) is 6.26 Å². The zero-order chi connectivity index (χ0) is 10.7. The third-order valence-corrected chi connectivity index (χ3v) is 3.66. The van der Waals surface area contributed by atoms with Crippen LogP contribution in [0.25, 0.3) is 0 Å². The second-order valence-corrected chi connectivity index (χ2v) is 4.78. The molecule has 0 radical (unpaired) electrons. The van der Waals surface area contributed by atoms with Crippen molar-refractivity contribution < 1.29 is 4.42 Å². The van der Waals surface area contributed by atoms with E-state index in [-0.39, 0.29) is 0 Å². The van der Waals surface area contributed by atoms with Gasteiger partial charge in [-0.2, -0.15) is 0 Å². The van der Waals surface area contributed by atoms with Crippen LogP contribution in [0.5, 0.6) is 0 Å². The average molecular weight is 207 g/mol. The zero-order valence-electron chi connectivity index (χ0n) is 9.70. The van der Waals surface area contributed by atoms with Gasteiger partial charge in [-0.1, -0.05) is 12.8 Å². The predicted octanol–water partition coefficient (Wildman–Crippen LogP) is 3.51. The van der Waals surface area contributed by atoms with Gasteiger partial charge in [0.2, 0.25) is 0 Å². The van der Waals surface area contributed by atoms with Gasteiger partial charge in [0.05, 0.1) is 12.5 Å². The summed E-state index contributed by atoms with van der Waals surface area (Å²) in [6, 6.07) is 3.07. The first-order valence-electron chi connectivity index (χ1n) is 6.05. The molecule has 2 rings (SSSR count). The lowest BCUT2D eigenvalue weighted by Gasteiger charge is -2.24. The maximum atomic E-state index is 5.10. The molecule has 1 fully saturated rings. The number of rotatable bonds is 4. The van der Waals surface area contributed by atoms with Gasteiger partial charge >= 0.3 is 0 Å². The number of furan rings is 1. The lowest BCUT2D eigenvalue weighted by atomic mass is 9.98. The predicted molar refractivity (Wildman–Crippen MR) is 61.7 cm³/mol. The van der Waals surface area contributed by atoms with Crippen molar-refractivity contribution in [3.8, 4) is 0 Å². The Hall–Kier alpha value is -0.760. The molecular formula is C13H21NO. The first kappa shape index (κ1) is 10.7. The third-order valence-electron chi connectivity index (χ3n) is 3.66. The average Bonchev–Trinajstić information content (AvgIpc) is 2.91. The molecule has 0 aromatic carbocycles. The van der Waals surface area contributed by atoms with Crippen LogP contribution in [0.15, 0.2) is 23.0 Å². The second-order valence-electron chi connectivity index (χ2n) is 4.78. The van der Waals surface area contributed by atoms with E-state index in [4.69, 9.17) is 4.42 Å². The van der Waals surface area contributed by atoms with Crippen LogP contribution in [-0.4, -0.2) is 6.04 Å². The van der Waals surface area contributed by atoms with Crippen molar-refractivity contribution in [1.82, 2.24) is 5.32 Å². The van der Waals surface area contributed by atoms with E-state index in [1.807, 2.05) is 12.3 Å². The largest absolute Gasteiger partial charge is 0.472 e. The minimum absolute atomic E-state index is 0.402. The molecule has 0 aliphatic heterocycles. The summed E-state index contributed by atoms with van der Waals surface area (Å²) in [6.07, 6.45) is 9.19. The summed E-state index contributed by atoms with van der Waals surface area (Å²) in [5.41, 5.74) is 1.25. The Bertz CT molecular complexity index is 275. The molecule has 2 heteroatoms. The van der Waals surface area contributed by atoms with Crippen LogP contribution < -0.4 is 5.32 Å². The minimum atomic E-state index is 0.402. The van der Waals surface area contributed by atoms with Crippen LogP contribution in [0.2, 0.25) is 0 Å². The minimum Gasteiger partial charge on any atom is -0.472 e. The van der Waals surface area contributed by atoms with Gasteiger partial charge in [-0.15, -0.1) is 0 Å². The van der Waals surface area contributed by atoms with Crippen molar-refractivity contribution >= 4 is 0 Å². The summed E-state index contributed by atoms with van der Waals surface area (Å²) in [7, 11) is 0. The molecule has 1 heterocycles. The van der Waals surface area contributed by atoms with E-state index in [0.29, 0.717) is 12.1 Å². The van der Waals surface area contributed by atoms with Crippen molar-refractivity contribution in [2.45, 2.75) is 51.6 Å². The summed E-state index contributed by atoms with van der Waals surface area (Å²) in [6.45, 7) is 4.52. The third kappa shape index (κ3) is 2.63. The first-order valence-corrected chi connectivity index (χ1v) is 6.05. The Morgan fingerprint density at radius 3 is 2.67 bits per heavy atom. The van der Waals surface area contributed by atoms with Crippen LogP contribution in [0.1, 0.15) is 51.1 Å². The van der Waals surface area contributed by atoms with E-state index < -0.39 is 0 Å². The van der Waals surface area contributed by atoms with Crippen molar-refractivity contribution in [2.75, 3.05) is 0 Å². The van der Waals surface area contributed by atoms with Gasteiger partial charge in [0.1, 0.15) is 0 Å². The summed E-state index contributed by atoms with van der Waals surface area (Å²) in [5, 5.41) is 3.66. The van der Waals surface area contributed by atoms with Crippen LogP contribution in [0, 0.1) is 5.92 Å². The molecule has 1 aromatic heterocycles. The molecule has 1 unspecified atom stereocenters. The van der Waals surface area contributed by atoms with Crippen molar-refractivity contribution in [2.24, 2.45) is 5.92 Å². The maximum absolute atomic E-state index is 5.10. The lowest BCUT2D eigenvalue weighted by molar-refractivity contribution is 0.351. The lowest BCUT2D eigenvalue weighted by Crippen LogP contribution is -2.34. The van der Waals surface area contributed by atoms with Gasteiger partial charge in [0.15, 0.2) is 0 Å². The number of nitrogens with one attached hydrogen (secondary N) is 1. The van der Waals surface area contributed by atoms with Crippen molar-refractivity contribution in [3.63, 3.8) is 0 Å². The van der Waals surface area contributed by atoms with Gasteiger partial charge in [-0.3, -0.25) is 0 Å². The fraction of sp³-hybridized carbons (Fsp3) is 0.692. The van der Waals surface area contributed by atoms with Crippen LogP contribution >= 0.6 is 0 Å². The Morgan fingerprint density at radius 1 is 1.33 bits per heavy atom. The molecule has 2 atom stereocenters. The van der Waals surface area contributed by atoms with Gasteiger partial charge < -0.3 is 9.73 Å². The smallest absolute Gasteiger partial charge is 0.0950 e. The molecular weight excluding hydrogens is 186 g/mol. The van der Waals surface area contributed by atoms with E-state index >= 15 is 0 Å². The van der Waals surface area contributed by atoms with E-state index in [1.165, 1.54) is 31.2 Å². The molecule has 0 saturated heterocycles. The van der Waals surface area contributed by atoms with Gasteiger partial charge in [0, 0.05) is 17.6 Å². The fourth-order valence-corrected chi connectivity index (χ4v) is 2.61. The molecule has 1 N–H and O–H groups in total. The van der Waals surface area contributed by atoms with E-state index in [9.17, 15) is 0 Å². The number of hydrogen-bond acceptors (Lipinski definition) is 2. The van der Waals surface area contributed by atoms with Crippen LogP contribution in [-0.2, 0) is 0 Å². The number of hydrogen-bond donors (Lipinski definition) is 1. The molecule has 1 saturated carbocycles. The molecule has 0 spiro atoms. The molecule has 0 amide bonds. The molecule has 15 heavy (non-hydrogen) atoms. The Kier molecular flexibility index (Phi) is 3.47. The summed E-state index contributed by atoms with van der Waals surface area (Å²) in [4.78, 5) is 0. The van der Waals surface area contributed by atoms with Crippen LogP contribution in [0.3, 0.4) is 0 Å². The van der Waals surface area contributed by atoms with Gasteiger partial charge in [0.25, 0.3) is 0 Å². The Morgan fingerprint density at radius 2 is 2.07 bits per heavy atom. The second kappa shape index (κ2) is 4.84. The van der Waals surface area contributed by atoms with E-state index in [2.05, 4.69) is 19.2 Å². The fourth-order valence-electron chi connectivity index (χ4n) is 2.61. The van der Waals surface area contributed by atoms with Gasteiger partial charge in [-0.05, 0) is 38.7 Å². The molecule has 0 bridgehead atoms. The summed E-state index contributed by atoms with van der Waals surface area (Å²) in [5.74, 6) is 0.874. The molecule has 84 valence electrons. The highest BCUT2D eigenvalue weighted by Gasteiger charge is 2.22.